The van der Waals surface area contributed by atoms with Crippen LogP contribution in [0.5, 0.6) is 0 Å². The third-order valence-corrected chi connectivity index (χ3v) is 5.69. The Morgan fingerprint density at radius 3 is 2.73 bits per heavy atom. The summed E-state index contributed by atoms with van der Waals surface area (Å²) >= 11 is 0. The zero-order chi connectivity index (χ0) is 21.9. The molecule has 0 saturated carbocycles. The van der Waals surface area contributed by atoms with E-state index in [4.69, 9.17) is 4.74 Å². The molecule has 1 fully saturated rings. The molecule has 30 heavy (non-hydrogen) atoms. The lowest BCUT2D eigenvalue weighted by Gasteiger charge is -2.48. The summed E-state index contributed by atoms with van der Waals surface area (Å²) < 4.78 is 4.93. The summed E-state index contributed by atoms with van der Waals surface area (Å²) in [5.74, 6) is -1.00. The molecule has 1 aromatic rings. The van der Waals surface area contributed by atoms with Crippen molar-refractivity contribution in [2.24, 2.45) is 0 Å². The van der Waals surface area contributed by atoms with Crippen LogP contribution < -0.4 is 10.2 Å². The van der Waals surface area contributed by atoms with Gasteiger partial charge in [0.25, 0.3) is 5.91 Å². The number of likely N-dealkylation sites (N-methyl/N-ethyl adjacent to an activating group) is 1. The van der Waals surface area contributed by atoms with Gasteiger partial charge in [-0.05, 0) is 31.9 Å². The average molecular weight is 416 g/mol. The van der Waals surface area contributed by atoms with Crippen molar-refractivity contribution >= 4 is 29.3 Å². The molecule has 1 aromatic carbocycles. The number of hydrogen-bond donors (Lipinski definition) is 1. The highest BCUT2D eigenvalue weighted by Gasteiger charge is 2.53. The molecule has 9 nitrogen and oxygen atoms in total. The van der Waals surface area contributed by atoms with E-state index in [0.717, 1.165) is 0 Å². The van der Waals surface area contributed by atoms with Gasteiger partial charge in [0, 0.05) is 33.7 Å². The molecule has 3 rings (SSSR count). The van der Waals surface area contributed by atoms with E-state index in [1.807, 2.05) is 6.92 Å². The molecule has 0 spiro atoms. The number of anilines is 1. The Labute approximate surface area is 175 Å². The Bertz CT molecular complexity index is 858. The normalized spacial score (nSPS) is 20.1. The van der Waals surface area contributed by atoms with Gasteiger partial charge >= 0.3 is 0 Å². The van der Waals surface area contributed by atoms with E-state index in [0.29, 0.717) is 43.7 Å². The smallest absolute Gasteiger partial charge is 0.258 e. The van der Waals surface area contributed by atoms with Gasteiger partial charge in [-0.25, -0.2) is 0 Å². The van der Waals surface area contributed by atoms with Crippen LogP contribution in [0.25, 0.3) is 0 Å². The number of nitrogens with one attached hydrogen (secondary N) is 1. The predicted octanol–water partition coefficient (Wildman–Crippen LogP) is 0.597. The number of benzene rings is 1. The molecular weight excluding hydrogens is 388 g/mol. The van der Waals surface area contributed by atoms with Crippen LogP contribution in [-0.4, -0.2) is 79.5 Å². The maximum absolute atomic E-state index is 13.2. The first-order valence-electron chi connectivity index (χ1n) is 10.0. The van der Waals surface area contributed by atoms with E-state index in [1.54, 1.807) is 36.3 Å². The molecule has 2 heterocycles. The molecule has 2 aliphatic rings. The molecule has 0 bridgehead atoms. The van der Waals surface area contributed by atoms with E-state index < -0.39 is 5.66 Å². The molecule has 0 aliphatic carbocycles. The lowest BCUT2D eigenvalue weighted by Crippen LogP contribution is -2.64. The number of para-hydroxylation sites is 1. The summed E-state index contributed by atoms with van der Waals surface area (Å²) in [6.07, 6.45) is 1.44. The first kappa shape index (κ1) is 21.8. The molecule has 4 amide bonds. The van der Waals surface area contributed by atoms with Gasteiger partial charge < -0.3 is 19.9 Å². The van der Waals surface area contributed by atoms with Gasteiger partial charge in [0.1, 0.15) is 12.2 Å². The fourth-order valence-electron chi connectivity index (χ4n) is 4.00. The first-order chi connectivity index (χ1) is 14.3. The number of amides is 4. The monoisotopic (exact) mass is 416 g/mol. The Morgan fingerprint density at radius 1 is 1.27 bits per heavy atom. The van der Waals surface area contributed by atoms with Crippen molar-refractivity contribution in [1.82, 2.24) is 15.1 Å². The topological polar surface area (TPSA) is 99.3 Å². The highest BCUT2D eigenvalue weighted by Crippen LogP contribution is 2.43. The van der Waals surface area contributed by atoms with Crippen molar-refractivity contribution < 1.29 is 23.9 Å². The summed E-state index contributed by atoms with van der Waals surface area (Å²) in [6, 6.07) is 6.95. The molecule has 1 unspecified atom stereocenters. The second kappa shape index (κ2) is 8.83. The number of rotatable bonds is 8. The lowest BCUT2D eigenvalue weighted by atomic mass is 9.98. The maximum atomic E-state index is 13.2. The summed E-state index contributed by atoms with van der Waals surface area (Å²) in [4.78, 5) is 55.0. The molecule has 162 valence electrons. The van der Waals surface area contributed by atoms with E-state index in [2.05, 4.69) is 5.32 Å². The van der Waals surface area contributed by atoms with E-state index in [9.17, 15) is 19.2 Å². The molecule has 0 radical (unpaired) electrons. The van der Waals surface area contributed by atoms with Crippen molar-refractivity contribution in [2.75, 3.05) is 45.3 Å². The van der Waals surface area contributed by atoms with Gasteiger partial charge in [0.05, 0.1) is 17.8 Å². The number of nitrogens with zero attached hydrogens (tertiary/aromatic N) is 3. The summed E-state index contributed by atoms with van der Waals surface area (Å²) in [6.45, 7) is 2.50. The quantitative estimate of drug-likeness (QED) is 0.626. The minimum absolute atomic E-state index is 0.0707. The standard InChI is InChI=1S/C21H28N4O5/c1-21-10-9-18(27)25(21)16-8-5-4-7-15(16)20(29)24(21)14-19(28)23(2)13-17(26)22-11-6-12-30-3/h4-5,7-8H,6,9-14H2,1-3H3,(H,22,26). The van der Waals surface area contributed by atoms with Crippen LogP contribution in [0.4, 0.5) is 5.69 Å². The minimum atomic E-state index is -0.901. The minimum Gasteiger partial charge on any atom is -0.385 e. The third-order valence-electron chi connectivity index (χ3n) is 5.69. The van der Waals surface area contributed by atoms with Crippen LogP contribution >= 0.6 is 0 Å². The van der Waals surface area contributed by atoms with Crippen LogP contribution in [0, 0.1) is 0 Å². The van der Waals surface area contributed by atoms with Crippen molar-refractivity contribution in [3.05, 3.63) is 29.8 Å². The number of fused-ring (bicyclic) bond motifs is 3. The van der Waals surface area contributed by atoms with Crippen molar-refractivity contribution in [1.29, 1.82) is 0 Å². The van der Waals surface area contributed by atoms with E-state index in [1.165, 1.54) is 16.8 Å². The highest BCUT2D eigenvalue weighted by atomic mass is 16.5. The number of carbonyl (C=O) groups is 4. The van der Waals surface area contributed by atoms with Crippen LogP contribution in [0.15, 0.2) is 24.3 Å². The molecule has 1 N–H and O–H groups in total. The zero-order valence-corrected chi connectivity index (χ0v) is 17.6. The molecule has 2 aliphatic heterocycles. The number of carbonyl (C=O) groups excluding carboxylic acids is 4. The van der Waals surface area contributed by atoms with Crippen LogP contribution in [0.1, 0.15) is 36.5 Å². The summed E-state index contributed by atoms with van der Waals surface area (Å²) in [5.41, 5.74) is 0.0816. The Kier molecular flexibility index (Phi) is 6.40. The Morgan fingerprint density at radius 2 is 2.00 bits per heavy atom. The maximum Gasteiger partial charge on any atom is 0.258 e. The van der Waals surface area contributed by atoms with Gasteiger partial charge in [-0.3, -0.25) is 24.1 Å². The molecule has 0 aromatic heterocycles. The van der Waals surface area contributed by atoms with Gasteiger partial charge in [0.2, 0.25) is 17.7 Å². The van der Waals surface area contributed by atoms with Crippen LogP contribution in [0.2, 0.25) is 0 Å². The number of ether oxygens (including phenoxy) is 1. The van der Waals surface area contributed by atoms with Crippen molar-refractivity contribution in [3.63, 3.8) is 0 Å². The first-order valence-corrected chi connectivity index (χ1v) is 10.0. The molecular formula is C21H28N4O5. The fourth-order valence-corrected chi connectivity index (χ4v) is 4.00. The van der Waals surface area contributed by atoms with Gasteiger partial charge in [-0.2, -0.15) is 0 Å². The average Bonchev–Trinajstić information content (AvgIpc) is 3.03. The predicted molar refractivity (Wildman–Crippen MR) is 110 cm³/mol. The van der Waals surface area contributed by atoms with Crippen LogP contribution in [0.3, 0.4) is 0 Å². The van der Waals surface area contributed by atoms with E-state index in [-0.39, 0.29) is 36.7 Å². The van der Waals surface area contributed by atoms with Gasteiger partial charge in [-0.1, -0.05) is 12.1 Å². The highest BCUT2D eigenvalue weighted by molar-refractivity contribution is 6.11. The van der Waals surface area contributed by atoms with E-state index >= 15 is 0 Å². The molecule has 1 saturated heterocycles. The van der Waals surface area contributed by atoms with Crippen molar-refractivity contribution in [3.8, 4) is 0 Å². The van der Waals surface area contributed by atoms with Crippen molar-refractivity contribution in [2.45, 2.75) is 31.8 Å². The second-order valence-corrected chi connectivity index (χ2v) is 7.80. The zero-order valence-electron chi connectivity index (χ0n) is 17.6. The summed E-state index contributed by atoms with van der Waals surface area (Å²) in [5, 5.41) is 2.73. The third kappa shape index (κ3) is 4.02. The molecule has 9 heteroatoms. The Balaban J connectivity index is 1.71. The SMILES string of the molecule is COCCCNC(=O)CN(C)C(=O)CN1C(=O)c2ccccc2N2C(=O)CCC12C. The largest absolute Gasteiger partial charge is 0.385 e. The number of hydrogen-bond acceptors (Lipinski definition) is 5. The van der Waals surface area contributed by atoms with Gasteiger partial charge in [0.15, 0.2) is 0 Å². The van der Waals surface area contributed by atoms with Gasteiger partial charge in [-0.15, -0.1) is 0 Å². The fraction of sp³-hybridized carbons (Fsp3) is 0.524. The Hall–Kier alpha value is -2.94. The lowest BCUT2D eigenvalue weighted by molar-refractivity contribution is -0.136. The second-order valence-electron chi connectivity index (χ2n) is 7.80. The summed E-state index contributed by atoms with van der Waals surface area (Å²) in [7, 11) is 3.12. The van der Waals surface area contributed by atoms with Crippen LogP contribution in [-0.2, 0) is 19.1 Å². The molecule has 1 atom stereocenters. The number of methoxy groups -OCH3 is 1.